The zero-order chi connectivity index (χ0) is 13.7. The van der Waals surface area contributed by atoms with Crippen LogP contribution in [-0.4, -0.2) is 54.1 Å². The lowest BCUT2D eigenvalue weighted by Crippen LogP contribution is -2.50. The zero-order valence-corrected chi connectivity index (χ0v) is 12.3. The van der Waals surface area contributed by atoms with Crippen LogP contribution in [0.15, 0.2) is 12.4 Å². The molecule has 2 heterocycles. The van der Waals surface area contributed by atoms with E-state index in [4.69, 9.17) is 0 Å². The maximum Gasteiger partial charge on any atom is 0.147 e. The van der Waals surface area contributed by atoms with Crippen molar-refractivity contribution in [3.05, 3.63) is 18.1 Å². The fourth-order valence-electron chi connectivity index (χ4n) is 2.46. The first-order valence-corrected chi connectivity index (χ1v) is 7.17. The number of nitrogens with one attached hydrogen (secondary N) is 1. The van der Waals surface area contributed by atoms with E-state index in [0.29, 0.717) is 6.04 Å². The summed E-state index contributed by atoms with van der Waals surface area (Å²) < 4.78 is 0. The number of hydrogen-bond donors (Lipinski definition) is 1. The Labute approximate surface area is 116 Å². The first-order chi connectivity index (χ1) is 9.20. The minimum atomic E-state index is 0.497. The molecule has 2 rings (SSSR count). The molecule has 1 unspecified atom stereocenters. The van der Waals surface area contributed by atoms with Gasteiger partial charge >= 0.3 is 0 Å². The molecule has 1 aromatic heterocycles. The van der Waals surface area contributed by atoms with Crippen molar-refractivity contribution in [2.75, 3.05) is 38.1 Å². The van der Waals surface area contributed by atoms with E-state index in [0.717, 1.165) is 50.7 Å². The van der Waals surface area contributed by atoms with Gasteiger partial charge in [-0.05, 0) is 26.9 Å². The number of likely N-dealkylation sites (N-methyl/N-ethyl adjacent to an activating group) is 1. The first kappa shape index (κ1) is 14.2. The second-order valence-electron chi connectivity index (χ2n) is 5.35. The number of nitrogens with zero attached hydrogens (tertiary/aromatic N) is 4. The van der Waals surface area contributed by atoms with Gasteiger partial charge < -0.3 is 15.1 Å². The molecule has 1 aliphatic rings. The van der Waals surface area contributed by atoms with Crippen LogP contribution in [0.3, 0.4) is 0 Å². The zero-order valence-electron chi connectivity index (χ0n) is 12.3. The van der Waals surface area contributed by atoms with Crippen molar-refractivity contribution in [1.29, 1.82) is 0 Å². The van der Waals surface area contributed by atoms with E-state index in [2.05, 4.69) is 46.0 Å². The topological polar surface area (TPSA) is 44.3 Å². The van der Waals surface area contributed by atoms with Crippen LogP contribution in [0.4, 0.5) is 5.82 Å². The van der Waals surface area contributed by atoms with Crippen molar-refractivity contribution in [2.45, 2.75) is 32.9 Å². The quantitative estimate of drug-likeness (QED) is 0.807. The Bertz CT molecular complexity index is 378. The van der Waals surface area contributed by atoms with Gasteiger partial charge in [0.2, 0.25) is 0 Å². The Morgan fingerprint density at radius 2 is 2.16 bits per heavy atom. The summed E-state index contributed by atoms with van der Waals surface area (Å²) in [7, 11) is 2.17. The summed E-state index contributed by atoms with van der Waals surface area (Å²) in [4.78, 5) is 13.8. The molecular weight excluding hydrogens is 238 g/mol. The van der Waals surface area contributed by atoms with Gasteiger partial charge in [-0.15, -0.1) is 0 Å². The lowest BCUT2D eigenvalue weighted by molar-refractivity contribution is 0.274. The molecule has 0 aromatic carbocycles. The molecule has 0 aliphatic carbocycles. The van der Waals surface area contributed by atoms with Gasteiger partial charge in [-0.3, -0.25) is 4.98 Å². The van der Waals surface area contributed by atoms with E-state index in [1.54, 1.807) is 0 Å². The van der Waals surface area contributed by atoms with Crippen molar-refractivity contribution in [3.8, 4) is 0 Å². The average Bonchev–Trinajstić information content (AvgIpc) is 2.40. The maximum atomic E-state index is 4.56. The molecule has 1 aliphatic heterocycles. The number of hydrogen-bond acceptors (Lipinski definition) is 5. The highest BCUT2D eigenvalue weighted by Crippen LogP contribution is 2.16. The van der Waals surface area contributed by atoms with Crippen molar-refractivity contribution < 1.29 is 0 Å². The van der Waals surface area contributed by atoms with Gasteiger partial charge in [-0.25, -0.2) is 4.98 Å². The van der Waals surface area contributed by atoms with Gasteiger partial charge in [-0.1, -0.05) is 6.92 Å². The molecule has 0 saturated carbocycles. The minimum Gasteiger partial charge on any atom is -0.350 e. The number of rotatable bonds is 5. The van der Waals surface area contributed by atoms with Gasteiger partial charge in [0.15, 0.2) is 0 Å². The predicted molar refractivity (Wildman–Crippen MR) is 78.3 cm³/mol. The van der Waals surface area contributed by atoms with Crippen LogP contribution in [0.5, 0.6) is 0 Å². The molecule has 1 atom stereocenters. The summed E-state index contributed by atoms with van der Waals surface area (Å²) in [6, 6.07) is 0.497. The van der Waals surface area contributed by atoms with Gasteiger partial charge in [-0.2, -0.15) is 0 Å². The van der Waals surface area contributed by atoms with E-state index in [1.165, 1.54) is 0 Å². The molecule has 0 bridgehead atoms. The van der Waals surface area contributed by atoms with E-state index in [1.807, 2.05) is 12.4 Å². The summed E-state index contributed by atoms with van der Waals surface area (Å²) >= 11 is 0. The molecule has 5 heteroatoms. The van der Waals surface area contributed by atoms with E-state index in [-0.39, 0.29) is 0 Å². The highest BCUT2D eigenvalue weighted by Gasteiger charge is 2.22. The summed E-state index contributed by atoms with van der Waals surface area (Å²) in [5.41, 5.74) is 1.01. The molecule has 0 spiro atoms. The third kappa shape index (κ3) is 3.88. The van der Waals surface area contributed by atoms with E-state index >= 15 is 0 Å². The van der Waals surface area contributed by atoms with Crippen molar-refractivity contribution in [1.82, 2.24) is 20.2 Å². The van der Waals surface area contributed by atoms with Crippen molar-refractivity contribution in [3.63, 3.8) is 0 Å². The van der Waals surface area contributed by atoms with E-state index in [9.17, 15) is 0 Å². The van der Waals surface area contributed by atoms with Crippen LogP contribution in [0.1, 0.15) is 26.0 Å². The summed E-state index contributed by atoms with van der Waals surface area (Å²) in [5, 5.41) is 3.34. The van der Waals surface area contributed by atoms with Gasteiger partial charge in [0.25, 0.3) is 0 Å². The van der Waals surface area contributed by atoms with E-state index < -0.39 is 0 Å². The van der Waals surface area contributed by atoms with Crippen LogP contribution in [0.2, 0.25) is 0 Å². The van der Waals surface area contributed by atoms with Gasteiger partial charge in [0, 0.05) is 32.2 Å². The molecule has 1 saturated heterocycles. The molecule has 1 fully saturated rings. The summed E-state index contributed by atoms with van der Waals surface area (Å²) in [5.74, 6) is 1.000. The van der Waals surface area contributed by atoms with Gasteiger partial charge in [0.1, 0.15) is 5.82 Å². The molecule has 106 valence electrons. The predicted octanol–water partition coefficient (Wildman–Crippen LogP) is 1.12. The Kier molecular flexibility index (Phi) is 5.10. The molecular formula is C14H25N5. The average molecular weight is 263 g/mol. The SMILES string of the molecule is CCCNCc1cnc(N2CCN(C)CC2C)cn1. The van der Waals surface area contributed by atoms with Crippen molar-refractivity contribution in [2.24, 2.45) is 0 Å². The summed E-state index contributed by atoms with van der Waals surface area (Å²) in [6.45, 7) is 9.44. The Hall–Kier alpha value is -1.20. The van der Waals surface area contributed by atoms with Crippen molar-refractivity contribution >= 4 is 5.82 Å². The Morgan fingerprint density at radius 3 is 2.79 bits per heavy atom. The Morgan fingerprint density at radius 1 is 1.32 bits per heavy atom. The standard InChI is InChI=1S/C14H25N5/c1-4-5-15-8-13-9-17-14(10-16-13)19-7-6-18(3)11-12(19)2/h9-10,12,15H,4-8,11H2,1-3H3. The first-order valence-electron chi connectivity index (χ1n) is 7.17. The maximum absolute atomic E-state index is 4.56. The molecule has 5 nitrogen and oxygen atoms in total. The molecule has 0 radical (unpaired) electrons. The molecule has 1 aromatic rings. The highest BCUT2D eigenvalue weighted by atomic mass is 15.3. The number of aromatic nitrogens is 2. The highest BCUT2D eigenvalue weighted by molar-refractivity contribution is 5.38. The second kappa shape index (κ2) is 6.82. The molecule has 0 amide bonds. The van der Waals surface area contributed by atoms with Crippen LogP contribution in [0.25, 0.3) is 0 Å². The fraction of sp³-hybridized carbons (Fsp3) is 0.714. The monoisotopic (exact) mass is 263 g/mol. The lowest BCUT2D eigenvalue weighted by atomic mass is 10.2. The third-order valence-electron chi connectivity index (χ3n) is 3.55. The van der Waals surface area contributed by atoms with Crippen LogP contribution in [0, 0.1) is 0 Å². The van der Waals surface area contributed by atoms with Crippen LogP contribution in [-0.2, 0) is 6.54 Å². The minimum absolute atomic E-state index is 0.497. The fourth-order valence-corrected chi connectivity index (χ4v) is 2.46. The third-order valence-corrected chi connectivity index (χ3v) is 3.55. The van der Waals surface area contributed by atoms with Crippen LogP contribution >= 0.6 is 0 Å². The smallest absolute Gasteiger partial charge is 0.147 e. The van der Waals surface area contributed by atoms with Crippen LogP contribution < -0.4 is 10.2 Å². The number of piperazine rings is 1. The normalized spacial score (nSPS) is 20.8. The second-order valence-corrected chi connectivity index (χ2v) is 5.35. The summed E-state index contributed by atoms with van der Waals surface area (Å²) in [6.07, 6.45) is 4.94. The van der Waals surface area contributed by atoms with Gasteiger partial charge in [0.05, 0.1) is 18.1 Å². The lowest BCUT2D eigenvalue weighted by Gasteiger charge is -2.38. The largest absolute Gasteiger partial charge is 0.350 e. The Balaban J connectivity index is 1.94. The molecule has 1 N–H and O–H groups in total. The number of anilines is 1. The molecule has 19 heavy (non-hydrogen) atoms.